The van der Waals surface area contributed by atoms with Crippen LogP contribution in [0.15, 0.2) is 42.5 Å². The number of fused-ring (bicyclic) bond motifs is 1. The first-order chi connectivity index (χ1) is 9.72. The molecule has 0 saturated carbocycles. The first-order valence-corrected chi connectivity index (χ1v) is 6.97. The number of hydrogen-bond acceptors (Lipinski definition) is 2. The van der Waals surface area contributed by atoms with E-state index in [4.69, 9.17) is 5.73 Å². The van der Waals surface area contributed by atoms with Gasteiger partial charge >= 0.3 is 0 Å². The van der Waals surface area contributed by atoms with Crippen molar-refractivity contribution in [1.29, 1.82) is 0 Å². The van der Waals surface area contributed by atoms with Crippen molar-refractivity contribution in [3.05, 3.63) is 64.7 Å². The second-order valence-electron chi connectivity index (χ2n) is 5.26. The third-order valence-corrected chi connectivity index (χ3v) is 3.81. The van der Waals surface area contributed by atoms with E-state index in [0.717, 1.165) is 11.3 Å². The monoisotopic (exact) mass is 266 g/mol. The molecule has 1 amide bonds. The summed E-state index contributed by atoms with van der Waals surface area (Å²) in [5.41, 5.74) is 11.0. The Morgan fingerprint density at radius 2 is 1.95 bits per heavy atom. The van der Waals surface area contributed by atoms with E-state index < -0.39 is 0 Å². The van der Waals surface area contributed by atoms with Crippen LogP contribution >= 0.6 is 0 Å². The number of carbonyl (C=O) groups is 1. The highest BCUT2D eigenvalue weighted by atomic mass is 16.1. The van der Waals surface area contributed by atoms with Gasteiger partial charge < -0.3 is 11.1 Å². The zero-order chi connectivity index (χ0) is 13.9. The third-order valence-electron chi connectivity index (χ3n) is 3.81. The maximum absolute atomic E-state index is 11.2. The number of nitrogens with one attached hydrogen (secondary N) is 1. The molecule has 3 nitrogen and oxygen atoms in total. The van der Waals surface area contributed by atoms with Gasteiger partial charge in [-0.2, -0.15) is 0 Å². The van der Waals surface area contributed by atoms with Crippen molar-refractivity contribution in [2.24, 2.45) is 5.73 Å². The van der Waals surface area contributed by atoms with Crippen LogP contribution in [0.4, 0.5) is 5.69 Å². The van der Waals surface area contributed by atoms with E-state index in [1.54, 1.807) is 6.07 Å². The lowest BCUT2D eigenvalue weighted by atomic mass is 10.1. The van der Waals surface area contributed by atoms with E-state index in [-0.39, 0.29) is 5.91 Å². The molecular weight excluding hydrogens is 248 g/mol. The predicted molar refractivity (Wildman–Crippen MR) is 80.8 cm³/mol. The maximum atomic E-state index is 11.2. The van der Waals surface area contributed by atoms with Crippen LogP contribution in [0.5, 0.6) is 0 Å². The summed E-state index contributed by atoms with van der Waals surface area (Å²) in [6.07, 6.45) is 3.65. The molecule has 1 aliphatic rings. The van der Waals surface area contributed by atoms with Crippen LogP contribution in [0.3, 0.4) is 0 Å². The molecule has 0 saturated heterocycles. The Morgan fingerprint density at radius 1 is 1.10 bits per heavy atom. The normalized spacial score (nSPS) is 13.0. The maximum Gasteiger partial charge on any atom is 0.248 e. The molecule has 3 heteroatoms. The molecule has 0 fully saturated rings. The van der Waals surface area contributed by atoms with Crippen molar-refractivity contribution in [3.63, 3.8) is 0 Å². The minimum Gasteiger partial charge on any atom is -0.381 e. The third kappa shape index (κ3) is 2.67. The van der Waals surface area contributed by atoms with Crippen LogP contribution in [0, 0.1) is 0 Å². The number of carbonyl (C=O) groups excluding carboxylic acids is 1. The zero-order valence-electron chi connectivity index (χ0n) is 11.4. The Balaban J connectivity index is 1.70. The molecule has 20 heavy (non-hydrogen) atoms. The summed E-state index contributed by atoms with van der Waals surface area (Å²) in [6.45, 7) is 0.694. The average molecular weight is 266 g/mol. The van der Waals surface area contributed by atoms with Crippen molar-refractivity contribution in [3.8, 4) is 0 Å². The van der Waals surface area contributed by atoms with Gasteiger partial charge in [0.2, 0.25) is 5.91 Å². The minimum absolute atomic E-state index is 0.385. The molecule has 0 spiro atoms. The van der Waals surface area contributed by atoms with Crippen molar-refractivity contribution in [2.45, 2.75) is 25.8 Å². The van der Waals surface area contributed by atoms with Gasteiger partial charge in [0.1, 0.15) is 0 Å². The summed E-state index contributed by atoms with van der Waals surface area (Å²) >= 11 is 0. The number of amides is 1. The van der Waals surface area contributed by atoms with E-state index >= 15 is 0 Å². The molecular formula is C17H18N2O. The van der Waals surface area contributed by atoms with Crippen LogP contribution < -0.4 is 11.1 Å². The molecule has 0 heterocycles. The summed E-state index contributed by atoms with van der Waals surface area (Å²) in [4.78, 5) is 11.2. The highest BCUT2D eigenvalue weighted by Gasteiger charge is 2.10. The van der Waals surface area contributed by atoms with E-state index in [9.17, 15) is 4.79 Å². The van der Waals surface area contributed by atoms with Crippen molar-refractivity contribution in [1.82, 2.24) is 0 Å². The van der Waals surface area contributed by atoms with Gasteiger partial charge in [0, 0.05) is 17.8 Å². The highest BCUT2D eigenvalue weighted by molar-refractivity contribution is 5.92. The van der Waals surface area contributed by atoms with Gasteiger partial charge in [0.25, 0.3) is 0 Å². The Labute approximate surface area is 118 Å². The molecule has 0 radical (unpaired) electrons. The standard InChI is InChI=1S/C17H18N2O/c18-17(20)15-6-1-3-12(9-15)11-19-16-8-7-13-4-2-5-14(13)10-16/h1,3,6-10,19H,2,4-5,11H2,(H2,18,20). The summed E-state index contributed by atoms with van der Waals surface area (Å²) in [6, 6.07) is 14.0. The molecule has 2 aromatic rings. The number of benzene rings is 2. The average Bonchev–Trinajstić information content (AvgIpc) is 2.93. The lowest BCUT2D eigenvalue weighted by molar-refractivity contribution is 0.1000. The lowest BCUT2D eigenvalue weighted by Crippen LogP contribution is -2.11. The number of nitrogens with two attached hydrogens (primary N) is 1. The molecule has 0 aliphatic heterocycles. The van der Waals surface area contributed by atoms with Crippen LogP contribution in [0.1, 0.15) is 33.5 Å². The molecule has 1 aliphatic carbocycles. The summed E-state index contributed by atoms with van der Waals surface area (Å²) in [5.74, 6) is -0.385. The Morgan fingerprint density at radius 3 is 2.80 bits per heavy atom. The molecule has 0 bridgehead atoms. The quantitative estimate of drug-likeness (QED) is 0.894. The number of anilines is 1. The minimum atomic E-state index is -0.385. The second kappa shape index (κ2) is 5.37. The molecule has 0 unspecified atom stereocenters. The first-order valence-electron chi connectivity index (χ1n) is 6.97. The predicted octanol–water partition coefficient (Wildman–Crippen LogP) is 2.89. The first kappa shape index (κ1) is 12.7. The van der Waals surface area contributed by atoms with Gasteiger partial charge in [-0.1, -0.05) is 18.2 Å². The van der Waals surface area contributed by atoms with Crippen LogP contribution in [-0.4, -0.2) is 5.91 Å². The summed E-state index contributed by atoms with van der Waals surface area (Å²) in [5, 5.41) is 3.40. The van der Waals surface area contributed by atoms with Crippen molar-refractivity contribution < 1.29 is 4.79 Å². The van der Waals surface area contributed by atoms with Gasteiger partial charge in [-0.05, 0) is 60.2 Å². The van der Waals surface area contributed by atoms with E-state index in [1.165, 1.54) is 30.4 Å². The van der Waals surface area contributed by atoms with E-state index in [2.05, 4.69) is 23.5 Å². The highest BCUT2D eigenvalue weighted by Crippen LogP contribution is 2.25. The number of aryl methyl sites for hydroxylation is 2. The smallest absolute Gasteiger partial charge is 0.248 e. The van der Waals surface area contributed by atoms with E-state index in [1.807, 2.05) is 18.2 Å². The van der Waals surface area contributed by atoms with Crippen LogP contribution in [0.25, 0.3) is 0 Å². The van der Waals surface area contributed by atoms with Gasteiger partial charge in [-0.15, -0.1) is 0 Å². The van der Waals surface area contributed by atoms with Crippen molar-refractivity contribution in [2.75, 3.05) is 5.32 Å². The van der Waals surface area contributed by atoms with E-state index in [0.29, 0.717) is 12.1 Å². The fraction of sp³-hybridized carbons (Fsp3) is 0.235. The Bertz CT molecular complexity index is 649. The van der Waals surface area contributed by atoms with Crippen LogP contribution in [0.2, 0.25) is 0 Å². The molecule has 0 aromatic heterocycles. The number of hydrogen-bond donors (Lipinski definition) is 2. The lowest BCUT2D eigenvalue weighted by Gasteiger charge is -2.09. The molecule has 3 rings (SSSR count). The zero-order valence-corrected chi connectivity index (χ0v) is 11.4. The Kier molecular flexibility index (Phi) is 3.42. The topological polar surface area (TPSA) is 55.1 Å². The van der Waals surface area contributed by atoms with Gasteiger partial charge in [-0.25, -0.2) is 0 Å². The summed E-state index contributed by atoms with van der Waals surface area (Å²) < 4.78 is 0. The second-order valence-corrected chi connectivity index (χ2v) is 5.26. The number of primary amides is 1. The fourth-order valence-electron chi connectivity index (χ4n) is 2.72. The molecule has 0 atom stereocenters. The summed E-state index contributed by atoms with van der Waals surface area (Å²) in [7, 11) is 0. The van der Waals surface area contributed by atoms with Crippen molar-refractivity contribution >= 4 is 11.6 Å². The SMILES string of the molecule is NC(=O)c1cccc(CNc2ccc3c(c2)CCC3)c1. The molecule has 102 valence electrons. The van der Waals surface area contributed by atoms with Gasteiger partial charge in [-0.3, -0.25) is 4.79 Å². The van der Waals surface area contributed by atoms with Gasteiger partial charge in [0.05, 0.1) is 0 Å². The largest absolute Gasteiger partial charge is 0.381 e. The van der Waals surface area contributed by atoms with Crippen LogP contribution in [-0.2, 0) is 19.4 Å². The molecule has 3 N–H and O–H groups in total. The molecule has 2 aromatic carbocycles. The Hall–Kier alpha value is -2.29. The number of rotatable bonds is 4. The van der Waals surface area contributed by atoms with Gasteiger partial charge in [0.15, 0.2) is 0 Å². The fourth-order valence-corrected chi connectivity index (χ4v) is 2.72.